The smallest absolute Gasteiger partial charge is 0.0565 e. The lowest BCUT2D eigenvalue weighted by molar-refractivity contribution is 0.116. The van der Waals surface area contributed by atoms with Gasteiger partial charge in [-0.15, -0.1) is 0 Å². The van der Waals surface area contributed by atoms with E-state index in [-0.39, 0.29) is 0 Å². The fourth-order valence-corrected chi connectivity index (χ4v) is 2.46. The molecule has 4 nitrogen and oxygen atoms in total. The van der Waals surface area contributed by atoms with Gasteiger partial charge < -0.3 is 5.43 Å². The van der Waals surface area contributed by atoms with Crippen molar-refractivity contribution >= 4 is 5.69 Å². The molecule has 2 unspecified atom stereocenters. The molecule has 1 aromatic heterocycles. The van der Waals surface area contributed by atoms with Gasteiger partial charge in [-0.2, -0.15) is 0 Å². The molecule has 0 aliphatic carbocycles. The van der Waals surface area contributed by atoms with Crippen LogP contribution in [0, 0.1) is 5.92 Å². The first kappa shape index (κ1) is 12.3. The van der Waals surface area contributed by atoms with E-state index >= 15 is 0 Å². The molecule has 1 fully saturated rings. The van der Waals surface area contributed by atoms with Crippen LogP contribution in [0.1, 0.15) is 32.4 Å². The molecule has 0 radical (unpaired) electrons. The molecule has 0 amide bonds. The molecule has 4 heteroatoms. The third-order valence-electron chi connectivity index (χ3n) is 3.60. The van der Waals surface area contributed by atoms with Gasteiger partial charge in [0.2, 0.25) is 0 Å². The average molecular weight is 234 g/mol. The first-order chi connectivity index (χ1) is 8.19. The van der Waals surface area contributed by atoms with Gasteiger partial charge in [0.1, 0.15) is 0 Å². The fourth-order valence-electron chi connectivity index (χ4n) is 2.46. The van der Waals surface area contributed by atoms with Crippen LogP contribution in [0.15, 0.2) is 18.3 Å². The third kappa shape index (κ3) is 3.17. The van der Waals surface area contributed by atoms with E-state index in [2.05, 4.69) is 29.2 Å². The van der Waals surface area contributed by atoms with Crippen LogP contribution in [-0.2, 0) is 6.54 Å². The molecule has 1 aliphatic heterocycles. The third-order valence-corrected chi connectivity index (χ3v) is 3.60. The summed E-state index contributed by atoms with van der Waals surface area (Å²) in [4.78, 5) is 6.91. The van der Waals surface area contributed by atoms with Gasteiger partial charge in [0, 0.05) is 25.3 Å². The van der Waals surface area contributed by atoms with Crippen LogP contribution in [-0.4, -0.2) is 22.5 Å². The zero-order valence-electron chi connectivity index (χ0n) is 10.7. The van der Waals surface area contributed by atoms with Crippen LogP contribution in [0.25, 0.3) is 0 Å². The molecule has 2 atom stereocenters. The molecule has 17 heavy (non-hydrogen) atoms. The van der Waals surface area contributed by atoms with Crippen LogP contribution in [0.3, 0.4) is 0 Å². The quantitative estimate of drug-likeness (QED) is 0.620. The number of piperidine rings is 1. The summed E-state index contributed by atoms with van der Waals surface area (Å²) < 4.78 is 0. The number of likely N-dealkylation sites (tertiary alicyclic amines) is 1. The Kier molecular flexibility index (Phi) is 3.97. The number of hydrazine groups is 1. The summed E-state index contributed by atoms with van der Waals surface area (Å²) >= 11 is 0. The highest BCUT2D eigenvalue weighted by molar-refractivity contribution is 5.41. The van der Waals surface area contributed by atoms with E-state index in [1.165, 1.54) is 19.4 Å². The highest BCUT2D eigenvalue weighted by Gasteiger charge is 2.22. The van der Waals surface area contributed by atoms with E-state index in [0.717, 1.165) is 23.8 Å². The minimum atomic E-state index is 0.655. The van der Waals surface area contributed by atoms with Gasteiger partial charge in [-0.3, -0.25) is 15.7 Å². The highest BCUT2D eigenvalue weighted by atomic mass is 15.2. The van der Waals surface area contributed by atoms with Crippen LogP contribution >= 0.6 is 0 Å². The Morgan fingerprint density at radius 1 is 1.47 bits per heavy atom. The molecule has 3 N–H and O–H groups in total. The lowest BCUT2D eigenvalue weighted by Crippen LogP contribution is -2.40. The summed E-state index contributed by atoms with van der Waals surface area (Å²) in [6.07, 6.45) is 4.44. The second-order valence-electron chi connectivity index (χ2n) is 5.14. The van der Waals surface area contributed by atoms with Crippen molar-refractivity contribution in [2.24, 2.45) is 11.8 Å². The molecular weight excluding hydrogens is 212 g/mol. The van der Waals surface area contributed by atoms with Gasteiger partial charge in [0.15, 0.2) is 0 Å². The van der Waals surface area contributed by atoms with Gasteiger partial charge >= 0.3 is 0 Å². The van der Waals surface area contributed by atoms with Crippen LogP contribution in [0.2, 0.25) is 0 Å². The van der Waals surface area contributed by atoms with Crippen molar-refractivity contribution in [1.82, 2.24) is 9.88 Å². The topological polar surface area (TPSA) is 54.2 Å². The van der Waals surface area contributed by atoms with Crippen molar-refractivity contribution in [2.45, 2.75) is 39.3 Å². The number of pyridine rings is 1. The number of nitrogen functional groups attached to an aromatic ring is 1. The number of hydrogen-bond donors (Lipinski definition) is 2. The summed E-state index contributed by atoms with van der Waals surface area (Å²) in [7, 11) is 0. The summed E-state index contributed by atoms with van der Waals surface area (Å²) in [5.74, 6) is 6.20. The SMILES string of the molecule is CC1CCC(C)N(Cc2cc(NN)ccn2)C1. The molecule has 94 valence electrons. The Morgan fingerprint density at radius 2 is 2.29 bits per heavy atom. The van der Waals surface area contributed by atoms with E-state index < -0.39 is 0 Å². The largest absolute Gasteiger partial charge is 0.324 e. The fraction of sp³-hybridized carbons (Fsp3) is 0.615. The van der Waals surface area contributed by atoms with E-state index in [0.29, 0.717) is 6.04 Å². The standard InChI is InChI=1S/C13H22N4/c1-10-3-4-11(2)17(8-10)9-13-7-12(16-14)5-6-15-13/h5-7,10-11H,3-4,8-9,14H2,1-2H3,(H,15,16). The Labute approximate surface area is 103 Å². The summed E-state index contributed by atoms with van der Waals surface area (Å²) in [6, 6.07) is 4.56. The summed E-state index contributed by atoms with van der Waals surface area (Å²) in [5, 5.41) is 0. The lowest BCUT2D eigenvalue weighted by atomic mass is 9.95. The summed E-state index contributed by atoms with van der Waals surface area (Å²) in [5.41, 5.74) is 4.67. The molecule has 0 aromatic carbocycles. The zero-order chi connectivity index (χ0) is 12.3. The molecule has 1 saturated heterocycles. The van der Waals surface area contributed by atoms with Gasteiger partial charge in [-0.05, 0) is 37.8 Å². The number of nitrogens with zero attached hydrogens (tertiary/aromatic N) is 2. The van der Waals surface area contributed by atoms with Crippen LogP contribution < -0.4 is 11.3 Å². The highest BCUT2D eigenvalue weighted by Crippen LogP contribution is 2.23. The molecule has 0 bridgehead atoms. The number of nitrogens with one attached hydrogen (secondary N) is 1. The number of hydrogen-bond acceptors (Lipinski definition) is 4. The molecule has 2 heterocycles. The van der Waals surface area contributed by atoms with Crippen molar-refractivity contribution in [3.05, 3.63) is 24.0 Å². The minimum absolute atomic E-state index is 0.655. The predicted octanol–water partition coefficient (Wildman–Crippen LogP) is 1.99. The first-order valence-electron chi connectivity index (χ1n) is 6.34. The predicted molar refractivity (Wildman–Crippen MR) is 70.3 cm³/mol. The van der Waals surface area contributed by atoms with Crippen molar-refractivity contribution in [1.29, 1.82) is 0 Å². The van der Waals surface area contributed by atoms with E-state index in [1.54, 1.807) is 0 Å². The minimum Gasteiger partial charge on any atom is -0.324 e. The van der Waals surface area contributed by atoms with Gasteiger partial charge in [-0.25, -0.2) is 0 Å². The van der Waals surface area contributed by atoms with E-state index in [9.17, 15) is 0 Å². The van der Waals surface area contributed by atoms with Gasteiger partial charge in [0.05, 0.1) is 11.4 Å². The monoisotopic (exact) mass is 234 g/mol. The Morgan fingerprint density at radius 3 is 3.06 bits per heavy atom. The first-order valence-corrected chi connectivity index (χ1v) is 6.34. The summed E-state index contributed by atoms with van der Waals surface area (Å²) in [6.45, 7) is 6.71. The molecule has 1 aliphatic rings. The Bertz CT molecular complexity index is 366. The van der Waals surface area contributed by atoms with E-state index in [4.69, 9.17) is 5.84 Å². The molecule has 0 spiro atoms. The number of rotatable bonds is 3. The number of anilines is 1. The Hall–Kier alpha value is -1.13. The van der Waals surface area contributed by atoms with Crippen molar-refractivity contribution in [3.63, 3.8) is 0 Å². The lowest BCUT2D eigenvalue weighted by Gasteiger charge is -2.36. The van der Waals surface area contributed by atoms with Crippen LogP contribution in [0.5, 0.6) is 0 Å². The van der Waals surface area contributed by atoms with Crippen molar-refractivity contribution in [2.75, 3.05) is 12.0 Å². The molecule has 0 saturated carbocycles. The number of aromatic nitrogens is 1. The number of nitrogens with two attached hydrogens (primary N) is 1. The second kappa shape index (κ2) is 5.47. The maximum Gasteiger partial charge on any atom is 0.0565 e. The molecule has 2 rings (SSSR count). The maximum absolute atomic E-state index is 5.41. The average Bonchev–Trinajstić information content (AvgIpc) is 2.34. The van der Waals surface area contributed by atoms with Crippen molar-refractivity contribution < 1.29 is 0 Å². The zero-order valence-corrected chi connectivity index (χ0v) is 10.7. The molecule has 1 aromatic rings. The maximum atomic E-state index is 5.41. The van der Waals surface area contributed by atoms with Gasteiger partial charge in [-0.1, -0.05) is 6.92 Å². The van der Waals surface area contributed by atoms with Crippen LogP contribution in [0.4, 0.5) is 5.69 Å². The van der Waals surface area contributed by atoms with Crippen molar-refractivity contribution in [3.8, 4) is 0 Å². The van der Waals surface area contributed by atoms with Gasteiger partial charge in [0.25, 0.3) is 0 Å². The Balaban J connectivity index is 2.03. The normalized spacial score (nSPS) is 25.8. The second-order valence-corrected chi connectivity index (χ2v) is 5.14. The molecular formula is C13H22N4. The van der Waals surface area contributed by atoms with E-state index in [1.807, 2.05) is 18.3 Å².